The summed E-state index contributed by atoms with van der Waals surface area (Å²) in [7, 11) is 1.87. The molecule has 14 heteroatoms. The summed E-state index contributed by atoms with van der Waals surface area (Å²) in [5, 5.41) is 36.2. The smallest absolute Gasteiger partial charge is 0.550 e. The Morgan fingerprint density at radius 1 is 1.24 bits per heavy atom. The zero-order valence-electron chi connectivity index (χ0n) is 18.7. The summed E-state index contributed by atoms with van der Waals surface area (Å²) in [4.78, 5) is 48.2. The van der Waals surface area contributed by atoms with Gasteiger partial charge < -0.3 is 35.8 Å². The van der Waals surface area contributed by atoms with Crippen molar-refractivity contribution in [3.63, 3.8) is 0 Å². The molecule has 0 aliphatic carbocycles. The molecule has 2 saturated heterocycles. The summed E-state index contributed by atoms with van der Waals surface area (Å²) in [6.07, 6.45) is -1.69. The normalized spacial score (nSPS) is 25.2. The van der Waals surface area contributed by atoms with Crippen LogP contribution in [0.3, 0.4) is 0 Å². The Morgan fingerprint density at radius 2 is 1.91 bits per heavy atom. The molecule has 13 nitrogen and oxygen atoms in total. The molecule has 0 bridgehead atoms. The molecule has 5 atom stereocenters. The minimum Gasteiger partial charge on any atom is -0.550 e. The van der Waals surface area contributed by atoms with Gasteiger partial charge in [-0.1, -0.05) is 0 Å². The van der Waals surface area contributed by atoms with E-state index >= 15 is 0 Å². The van der Waals surface area contributed by atoms with Gasteiger partial charge in [-0.25, -0.2) is 0 Å². The van der Waals surface area contributed by atoms with Crippen molar-refractivity contribution in [3.05, 3.63) is 29.8 Å². The van der Waals surface area contributed by atoms with E-state index in [2.05, 4.69) is 26.6 Å². The summed E-state index contributed by atoms with van der Waals surface area (Å²) >= 11 is 0. The number of carbonyl (C=O) groups is 4. The number of likely N-dealkylation sites (N-methyl/N-ethyl adjacent to an activating group) is 1. The summed E-state index contributed by atoms with van der Waals surface area (Å²) in [6.45, 7) is 1.14. The van der Waals surface area contributed by atoms with Crippen LogP contribution in [0, 0.1) is 0 Å². The maximum absolute atomic E-state index is 12.3. The quantitative estimate of drug-likeness (QED) is 0.182. The van der Waals surface area contributed by atoms with Gasteiger partial charge in [0.1, 0.15) is 12.3 Å². The molecule has 180 valence electrons. The molecule has 1 aromatic rings. The van der Waals surface area contributed by atoms with Crippen molar-refractivity contribution >= 4 is 52.5 Å². The molecule has 0 saturated carbocycles. The van der Waals surface area contributed by atoms with E-state index in [9.17, 15) is 29.4 Å². The fraction of sp³-hybridized carbons (Fsp3) is 0.500. The van der Waals surface area contributed by atoms with Gasteiger partial charge in [0.05, 0.1) is 18.2 Å². The van der Waals surface area contributed by atoms with Crippen molar-refractivity contribution < 1.29 is 29.4 Å². The van der Waals surface area contributed by atoms with E-state index in [-0.39, 0.29) is 53.2 Å². The van der Waals surface area contributed by atoms with Gasteiger partial charge >= 0.3 is 23.1 Å². The number of aliphatic carboxylic acids is 2. The third-order valence-electron chi connectivity index (χ3n) is 5.75. The van der Waals surface area contributed by atoms with Gasteiger partial charge in [0, 0.05) is 36.4 Å². The average Bonchev–Trinajstić information content (AvgIpc) is 2.75. The molecule has 1 aromatic carbocycles. The van der Waals surface area contributed by atoms with Crippen LogP contribution in [0.4, 0.5) is 5.69 Å². The van der Waals surface area contributed by atoms with E-state index in [1.165, 1.54) is 12.1 Å². The first-order chi connectivity index (χ1) is 15.7. The number of nitrogens with one attached hydrogen (secondary N) is 5. The number of carboxylic acids is 2. The third-order valence-corrected chi connectivity index (χ3v) is 5.75. The molecule has 2 amide bonds. The molecule has 3 unspecified atom stereocenters. The topological polar surface area (TPSA) is 204 Å². The fourth-order valence-electron chi connectivity index (χ4n) is 3.89. The van der Waals surface area contributed by atoms with E-state index in [0.29, 0.717) is 13.1 Å². The predicted molar refractivity (Wildman–Crippen MR) is 118 cm³/mol. The molecule has 2 aliphatic rings. The summed E-state index contributed by atoms with van der Waals surface area (Å²) in [5.74, 6) is -3.80. The van der Waals surface area contributed by atoms with Crippen LogP contribution in [0.2, 0.25) is 0 Å². The monoisotopic (exact) mass is 485 g/mol. The Kier molecular flexibility index (Phi) is 10.0. The number of carboxylic acid groups (broad SMARTS) is 2. The molecule has 3 rings (SSSR count). The number of anilines is 1. The van der Waals surface area contributed by atoms with Gasteiger partial charge in [-0.3, -0.25) is 30.9 Å². The van der Waals surface area contributed by atoms with Crippen LogP contribution >= 0.6 is 0 Å². The number of nitrogens with two attached hydrogens (primary N) is 1. The molecule has 2 heterocycles. The van der Waals surface area contributed by atoms with Crippen molar-refractivity contribution in [1.82, 2.24) is 26.2 Å². The molecule has 34 heavy (non-hydrogen) atoms. The first kappa shape index (κ1) is 27.7. The Hall–Kier alpha value is -2.49. The Balaban J connectivity index is 0.00000408. The molecular weight excluding hydrogens is 459 g/mol. The second-order valence-electron chi connectivity index (χ2n) is 8.02. The van der Waals surface area contributed by atoms with Crippen molar-refractivity contribution in [2.24, 2.45) is 5.73 Å². The molecule has 0 radical (unpaired) electrons. The Bertz CT molecular complexity index is 902. The average molecular weight is 486 g/mol. The molecule has 0 aromatic heterocycles. The number of amides is 2. The molecular formula is C20H27MgN7O6. The SMILES string of the molecule is CN1C2C(=O)NC(N)NC2NC[C@@H]1CNc1ccc(C(=O)N[C@@H](CCC(=O)[O-])C(=O)[O-])cc1.[Mg+2]. The van der Waals surface area contributed by atoms with Gasteiger partial charge in [-0.05, 0) is 44.2 Å². The van der Waals surface area contributed by atoms with E-state index < -0.39 is 42.6 Å². The first-order valence-corrected chi connectivity index (χ1v) is 10.5. The number of nitrogens with zero attached hydrogens (tertiary/aromatic N) is 1. The van der Waals surface area contributed by atoms with E-state index in [4.69, 9.17) is 5.73 Å². The van der Waals surface area contributed by atoms with Gasteiger partial charge in [0.2, 0.25) is 5.91 Å². The van der Waals surface area contributed by atoms with Crippen LogP contribution in [0.15, 0.2) is 24.3 Å². The minimum absolute atomic E-state index is 0. The van der Waals surface area contributed by atoms with Crippen LogP contribution in [0.1, 0.15) is 23.2 Å². The zero-order chi connectivity index (χ0) is 24.1. The van der Waals surface area contributed by atoms with Gasteiger partial charge in [-0.2, -0.15) is 0 Å². The zero-order valence-corrected chi connectivity index (χ0v) is 20.1. The third kappa shape index (κ3) is 7.00. The number of hydrogen-bond donors (Lipinski definition) is 6. The number of fused-ring (bicyclic) bond motifs is 1. The molecule has 7 N–H and O–H groups in total. The fourth-order valence-corrected chi connectivity index (χ4v) is 3.89. The van der Waals surface area contributed by atoms with Crippen LogP contribution in [0.5, 0.6) is 0 Å². The van der Waals surface area contributed by atoms with Crippen molar-refractivity contribution in [1.29, 1.82) is 0 Å². The van der Waals surface area contributed by atoms with Gasteiger partial charge in [0.25, 0.3) is 5.91 Å². The predicted octanol–water partition coefficient (Wildman–Crippen LogP) is -5.34. The largest absolute Gasteiger partial charge is 2.00 e. The summed E-state index contributed by atoms with van der Waals surface area (Å²) in [5.41, 5.74) is 6.68. The van der Waals surface area contributed by atoms with Crippen LogP contribution in [0.25, 0.3) is 0 Å². The van der Waals surface area contributed by atoms with E-state index in [0.717, 1.165) is 5.69 Å². The number of hydrogen-bond acceptors (Lipinski definition) is 11. The maximum Gasteiger partial charge on any atom is 2.00 e. The van der Waals surface area contributed by atoms with Gasteiger partial charge in [-0.15, -0.1) is 0 Å². The molecule has 2 aliphatic heterocycles. The van der Waals surface area contributed by atoms with Crippen molar-refractivity contribution in [3.8, 4) is 0 Å². The van der Waals surface area contributed by atoms with E-state index in [1.54, 1.807) is 12.1 Å². The standard InChI is InChI=1S/C20H29N7O6.Mg/c1-27-12(9-23-16-15(27)18(31)26-20(21)25-16)8-22-11-4-2-10(3-5-11)17(30)24-13(19(32)33)6-7-14(28)29;/h2-5,12-13,15-16,20,22-23,25H,6-9,21H2,1H3,(H,24,30)(H,26,31)(H,28,29)(H,32,33);/q;+2/p-2/t12-,13-,15?,16?,20?;/m0./s1. The number of carbonyl (C=O) groups excluding carboxylic acids is 4. The Labute approximate surface area is 212 Å². The first-order valence-electron chi connectivity index (χ1n) is 10.5. The second kappa shape index (κ2) is 12.3. The summed E-state index contributed by atoms with van der Waals surface area (Å²) < 4.78 is 0. The van der Waals surface area contributed by atoms with Crippen LogP contribution in [-0.2, 0) is 14.4 Å². The van der Waals surface area contributed by atoms with Crippen LogP contribution in [-0.4, -0.2) is 102 Å². The molecule has 0 spiro atoms. The van der Waals surface area contributed by atoms with Gasteiger partial charge in [0.15, 0.2) is 0 Å². The van der Waals surface area contributed by atoms with Crippen molar-refractivity contribution in [2.45, 2.75) is 43.4 Å². The maximum atomic E-state index is 12.3. The number of benzene rings is 1. The van der Waals surface area contributed by atoms with Crippen molar-refractivity contribution in [2.75, 3.05) is 25.5 Å². The summed E-state index contributed by atoms with van der Waals surface area (Å²) in [6, 6.07) is 4.51. The van der Waals surface area contributed by atoms with E-state index in [1.807, 2.05) is 11.9 Å². The second-order valence-corrected chi connectivity index (χ2v) is 8.02. The Morgan fingerprint density at radius 3 is 2.53 bits per heavy atom. The number of piperazine rings is 1. The number of rotatable bonds is 9. The molecule has 2 fully saturated rings. The van der Waals surface area contributed by atoms with Crippen LogP contribution < -0.4 is 42.5 Å². The minimum atomic E-state index is -1.57.